The summed E-state index contributed by atoms with van der Waals surface area (Å²) in [5.74, 6) is -0.560. The van der Waals surface area contributed by atoms with E-state index in [0.29, 0.717) is 49.0 Å². The first kappa shape index (κ1) is 28.4. The number of amides is 1. The van der Waals surface area contributed by atoms with Crippen molar-refractivity contribution in [3.05, 3.63) is 53.1 Å². The van der Waals surface area contributed by atoms with E-state index in [1.807, 2.05) is 47.0 Å². The van der Waals surface area contributed by atoms with Crippen molar-refractivity contribution in [1.29, 1.82) is 0 Å². The third-order valence-electron chi connectivity index (χ3n) is 8.32. The van der Waals surface area contributed by atoms with E-state index in [1.165, 1.54) is 6.42 Å². The molecule has 2 aliphatic rings. The van der Waals surface area contributed by atoms with Gasteiger partial charge < -0.3 is 25.2 Å². The van der Waals surface area contributed by atoms with E-state index >= 15 is 0 Å². The number of carbonyl (C=O) groups excluding carboxylic acids is 1. The molecule has 2 fully saturated rings. The van der Waals surface area contributed by atoms with Crippen molar-refractivity contribution >= 4 is 40.8 Å². The van der Waals surface area contributed by atoms with Gasteiger partial charge in [-0.05, 0) is 61.5 Å². The molecule has 10 heteroatoms. The molecular formula is C28H38ClN5O3S. The van der Waals surface area contributed by atoms with Crippen LogP contribution in [-0.4, -0.2) is 62.2 Å². The summed E-state index contributed by atoms with van der Waals surface area (Å²) in [6.45, 7) is 1.50. The van der Waals surface area contributed by atoms with Gasteiger partial charge in [-0.15, -0.1) is 0 Å². The fourth-order valence-electron chi connectivity index (χ4n) is 5.99. The van der Waals surface area contributed by atoms with Gasteiger partial charge in [0.25, 0.3) is 0 Å². The number of piperidine rings is 1. The molecule has 2 heterocycles. The van der Waals surface area contributed by atoms with Crippen molar-refractivity contribution in [3.8, 4) is 0 Å². The van der Waals surface area contributed by atoms with Crippen LogP contribution in [0.2, 0.25) is 5.02 Å². The van der Waals surface area contributed by atoms with Gasteiger partial charge in [0.1, 0.15) is 6.04 Å². The zero-order valence-corrected chi connectivity index (χ0v) is 23.6. The number of aromatic nitrogens is 2. The number of benzene rings is 1. The van der Waals surface area contributed by atoms with Gasteiger partial charge in [0.05, 0.1) is 11.7 Å². The Balaban J connectivity index is 1.40. The first-order chi connectivity index (χ1) is 18.3. The highest BCUT2D eigenvalue weighted by molar-refractivity contribution is 7.80. The van der Waals surface area contributed by atoms with Crippen LogP contribution in [0.3, 0.4) is 0 Å². The molecule has 1 amide bonds. The predicted molar refractivity (Wildman–Crippen MR) is 152 cm³/mol. The smallest absolute Gasteiger partial charge is 0.310 e. The standard InChI is InChI=1S/C28H38ClN5O3S/c1-33-19-30-18-23(33)11-14-31-27(38)32-24(17-20-7-9-22(29)10-8-20)25(35)34-15-12-28(13-16-34,26(36)37)21-5-3-2-4-6-21/h7-10,18-19,21,24H,2-6,11-17H2,1H3,(H,36,37)(H2,31,32,38). The first-order valence-electron chi connectivity index (χ1n) is 13.5. The molecule has 1 aromatic heterocycles. The maximum absolute atomic E-state index is 13.8. The normalized spacial score (nSPS) is 18.5. The monoisotopic (exact) mass is 559 g/mol. The quantitative estimate of drug-likeness (QED) is 0.400. The lowest BCUT2D eigenvalue weighted by atomic mass is 9.64. The molecule has 1 aliphatic carbocycles. The number of halogens is 1. The number of carboxylic acids is 1. The SMILES string of the molecule is Cn1cncc1CCNC(=S)NC(Cc1ccc(Cl)cc1)C(=O)N1CCC(C(=O)O)(C2CCCCC2)CC1. The lowest BCUT2D eigenvalue weighted by Gasteiger charge is -2.45. The van der Waals surface area contributed by atoms with Crippen LogP contribution in [0.5, 0.6) is 0 Å². The number of thiocarbonyl (C=S) groups is 1. The highest BCUT2D eigenvalue weighted by atomic mass is 35.5. The minimum Gasteiger partial charge on any atom is -0.481 e. The third-order valence-corrected chi connectivity index (χ3v) is 8.83. The number of aryl methyl sites for hydroxylation is 1. The van der Waals surface area contributed by atoms with Crippen LogP contribution in [0.25, 0.3) is 0 Å². The summed E-state index contributed by atoms with van der Waals surface area (Å²) >= 11 is 11.6. The largest absolute Gasteiger partial charge is 0.481 e. The number of nitrogens with one attached hydrogen (secondary N) is 2. The fourth-order valence-corrected chi connectivity index (χ4v) is 6.36. The number of aliphatic carboxylic acids is 1. The Labute approximate surface area is 235 Å². The number of nitrogens with zero attached hydrogens (tertiary/aromatic N) is 3. The Morgan fingerprint density at radius 1 is 1.18 bits per heavy atom. The van der Waals surface area contributed by atoms with E-state index in [9.17, 15) is 14.7 Å². The molecule has 1 saturated carbocycles. The zero-order valence-electron chi connectivity index (χ0n) is 22.0. The van der Waals surface area contributed by atoms with Crippen LogP contribution >= 0.6 is 23.8 Å². The van der Waals surface area contributed by atoms with Crippen molar-refractivity contribution in [2.45, 2.75) is 63.8 Å². The van der Waals surface area contributed by atoms with Crippen molar-refractivity contribution in [1.82, 2.24) is 25.1 Å². The fraction of sp³-hybridized carbons (Fsp3) is 0.571. The molecule has 0 radical (unpaired) electrons. The number of carbonyl (C=O) groups is 2. The predicted octanol–water partition coefficient (Wildman–Crippen LogP) is 3.97. The minimum atomic E-state index is -0.723. The lowest BCUT2D eigenvalue weighted by molar-refractivity contribution is -0.160. The number of rotatable bonds is 9. The molecule has 1 aromatic carbocycles. The topological polar surface area (TPSA) is 99.5 Å². The van der Waals surface area contributed by atoms with Crippen molar-refractivity contribution in [3.63, 3.8) is 0 Å². The van der Waals surface area contributed by atoms with Crippen molar-refractivity contribution in [2.24, 2.45) is 18.4 Å². The molecule has 1 unspecified atom stereocenters. The van der Waals surface area contributed by atoms with E-state index in [0.717, 1.165) is 43.4 Å². The van der Waals surface area contributed by atoms with Crippen LogP contribution in [-0.2, 0) is 29.5 Å². The maximum atomic E-state index is 13.8. The third kappa shape index (κ3) is 6.86. The van der Waals surface area contributed by atoms with E-state index in [2.05, 4.69) is 15.6 Å². The molecule has 4 rings (SSSR count). The van der Waals surface area contributed by atoms with E-state index < -0.39 is 17.4 Å². The second kappa shape index (κ2) is 12.9. The zero-order chi connectivity index (χ0) is 27.1. The average Bonchev–Trinajstić information content (AvgIpc) is 3.34. The molecule has 0 bridgehead atoms. The van der Waals surface area contributed by atoms with Crippen LogP contribution < -0.4 is 10.6 Å². The second-order valence-electron chi connectivity index (χ2n) is 10.7. The van der Waals surface area contributed by atoms with Gasteiger partial charge in [0.15, 0.2) is 5.11 Å². The summed E-state index contributed by atoms with van der Waals surface area (Å²) in [4.78, 5) is 32.2. The highest BCUT2D eigenvalue weighted by Gasteiger charge is 2.48. The van der Waals surface area contributed by atoms with E-state index in [1.54, 1.807) is 6.33 Å². The lowest BCUT2D eigenvalue weighted by Crippen LogP contribution is -2.56. The van der Waals surface area contributed by atoms with Crippen LogP contribution in [0.1, 0.15) is 56.2 Å². The van der Waals surface area contributed by atoms with E-state index in [4.69, 9.17) is 23.8 Å². The molecule has 206 valence electrons. The summed E-state index contributed by atoms with van der Waals surface area (Å²) in [5, 5.41) is 17.7. The summed E-state index contributed by atoms with van der Waals surface area (Å²) in [6, 6.07) is 6.89. The minimum absolute atomic E-state index is 0.0571. The number of hydrogen-bond acceptors (Lipinski definition) is 4. The molecule has 38 heavy (non-hydrogen) atoms. The van der Waals surface area contributed by atoms with Gasteiger partial charge >= 0.3 is 5.97 Å². The molecule has 0 spiro atoms. The average molecular weight is 560 g/mol. The number of likely N-dealkylation sites (tertiary alicyclic amines) is 1. The van der Waals surface area contributed by atoms with Gasteiger partial charge in [-0.3, -0.25) is 9.59 Å². The Kier molecular flexibility index (Phi) is 9.65. The summed E-state index contributed by atoms with van der Waals surface area (Å²) < 4.78 is 1.96. The summed E-state index contributed by atoms with van der Waals surface area (Å²) in [7, 11) is 1.95. The van der Waals surface area contributed by atoms with E-state index in [-0.39, 0.29) is 11.8 Å². The maximum Gasteiger partial charge on any atom is 0.310 e. The Morgan fingerprint density at radius 2 is 1.87 bits per heavy atom. The molecular weight excluding hydrogens is 522 g/mol. The van der Waals surface area contributed by atoms with Gasteiger partial charge in [-0.1, -0.05) is 43.0 Å². The van der Waals surface area contributed by atoms with Crippen molar-refractivity contribution < 1.29 is 14.7 Å². The highest BCUT2D eigenvalue weighted by Crippen LogP contribution is 2.46. The second-order valence-corrected chi connectivity index (χ2v) is 11.5. The number of carboxylic acid groups (broad SMARTS) is 1. The summed E-state index contributed by atoms with van der Waals surface area (Å²) in [6.07, 6.45) is 11.1. The van der Waals surface area contributed by atoms with Gasteiger partial charge in [-0.25, -0.2) is 4.98 Å². The van der Waals surface area contributed by atoms with Gasteiger partial charge in [0, 0.05) is 56.4 Å². The number of imidazole rings is 1. The summed E-state index contributed by atoms with van der Waals surface area (Å²) in [5.41, 5.74) is 1.33. The Morgan fingerprint density at radius 3 is 2.47 bits per heavy atom. The molecule has 3 N–H and O–H groups in total. The molecule has 1 aliphatic heterocycles. The van der Waals surface area contributed by atoms with Gasteiger partial charge in [0.2, 0.25) is 5.91 Å². The number of hydrogen-bond donors (Lipinski definition) is 3. The van der Waals surface area contributed by atoms with Crippen LogP contribution in [0, 0.1) is 11.3 Å². The first-order valence-corrected chi connectivity index (χ1v) is 14.3. The Hall–Kier alpha value is -2.65. The molecule has 8 nitrogen and oxygen atoms in total. The van der Waals surface area contributed by atoms with Crippen LogP contribution in [0.15, 0.2) is 36.8 Å². The molecule has 1 atom stereocenters. The van der Waals surface area contributed by atoms with Gasteiger partial charge in [-0.2, -0.15) is 0 Å². The Bertz CT molecular complexity index is 1110. The van der Waals surface area contributed by atoms with Crippen molar-refractivity contribution in [2.75, 3.05) is 19.6 Å². The molecule has 2 aromatic rings. The van der Waals surface area contributed by atoms with Crippen LogP contribution in [0.4, 0.5) is 0 Å². The molecule has 1 saturated heterocycles.